The van der Waals surface area contributed by atoms with Crippen molar-refractivity contribution in [3.8, 4) is 0 Å². The number of rotatable bonds is 2. The van der Waals surface area contributed by atoms with E-state index in [0.29, 0.717) is 4.47 Å². The Morgan fingerprint density at radius 3 is 2.55 bits per heavy atom. The smallest absolute Gasteiger partial charge is 0.338 e. The van der Waals surface area contributed by atoms with Crippen LogP contribution in [0.15, 0.2) is 28.9 Å². The minimum Gasteiger partial charge on any atom is -0.338 e. The van der Waals surface area contributed by atoms with Gasteiger partial charge in [0.05, 0.1) is 20.7 Å². The van der Waals surface area contributed by atoms with E-state index in [1.54, 1.807) is 0 Å². The van der Waals surface area contributed by atoms with Gasteiger partial charge in [0.1, 0.15) is 5.82 Å². The van der Waals surface area contributed by atoms with Crippen molar-refractivity contribution in [2.75, 3.05) is 5.32 Å². The molecule has 1 aromatic heterocycles. The third-order valence-corrected chi connectivity index (χ3v) is 3.35. The second kappa shape index (κ2) is 5.75. The van der Waals surface area contributed by atoms with Gasteiger partial charge in [0.15, 0.2) is 0 Å². The lowest BCUT2D eigenvalue weighted by atomic mass is 10.2. The monoisotopic (exact) mass is 385 g/mol. The Bertz CT molecular complexity index is 649. The quantitative estimate of drug-likeness (QED) is 0.711. The van der Waals surface area contributed by atoms with Crippen LogP contribution in [0.2, 0.25) is 10.3 Å². The van der Waals surface area contributed by atoms with Crippen molar-refractivity contribution in [1.29, 1.82) is 0 Å². The molecule has 0 amide bonds. The zero-order valence-electron chi connectivity index (χ0n) is 9.47. The van der Waals surface area contributed by atoms with Crippen LogP contribution in [0.4, 0.5) is 24.7 Å². The summed E-state index contributed by atoms with van der Waals surface area (Å²) in [7, 11) is 0. The van der Waals surface area contributed by atoms with E-state index >= 15 is 0 Å². The number of nitrogens with one attached hydrogen (secondary N) is 1. The molecule has 0 radical (unpaired) electrons. The summed E-state index contributed by atoms with van der Waals surface area (Å²) in [6.45, 7) is 0. The van der Waals surface area contributed by atoms with Crippen LogP contribution in [0.25, 0.3) is 0 Å². The Balaban J connectivity index is 2.40. The van der Waals surface area contributed by atoms with E-state index in [-0.39, 0.29) is 21.8 Å². The van der Waals surface area contributed by atoms with Crippen LogP contribution in [0.1, 0.15) is 5.56 Å². The molecule has 2 rings (SSSR count). The molecule has 0 unspecified atom stereocenters. The Kier molecular flexibility index (Phi) is 4.41. The molecule has 1 N–H and O–H groups in total. The Morgan fingerprint density at radius 1 is 1.20 bits per heavy atom. The number of hydrogen-bond donors (Lipinski definition) is 1. The second-order valence-corrected chi connectivity index (χ2v) is 5.25. The number of benzene rings is 1. The fourth-order valence-corrected chi connectivity index (χ4v) is 1.95. The number of halogens is 6. The fraction of sp³-hybridized carbons (Fsp3) is 0.0909. The summed E-state index contributed by atoms with van der Waals surface area (Å²) >= 11 is 14.7. The highest BCUT2D eigenvalue weighted by Crippen LogP contribution is 2.35. The summed E-state index contributed by atoms with van der Waals surface area (Å²) in [6.07, 6.45) is -3.08. The number of anilines is 2. The molecule has 0 fully saturated rings. The van der Waals surface area contributed by atoms with Gasteiger partial charge in [-0.3, -0.25) is 0 Å². The number of aromatic nitrogens is 2. The van der Waals surface area contributed by atoms with Crippen LogP contribution >= 0.6 is 39.1 Å². The van der Waals surface area contributed by atoms with Crippen LogP contribution in [-0.4, -0.2) is 9.97 Å². The van der Waals surface area contributed by atoms with Crippen molar-refractivity contribution in [1.82, 2.24) is 9.97 Å². The van der Waals surface area contributed by atoms with E-state index in [9.17, 15) is 13.2 Å². The first-order valence-corrected chi connectivity index (χ1v) is 6.64. The molecule has 0 saturated carbocycles. The molecule has 0 aliphatic carbocycles. The summed E-state index contributed by atoms with van der Waals surface area (Å²) in [4.78, 5) is 7.57. The minimum atomic E-state index is -4.46. The third-order valence-electron chi connectivity index (χ3n) is 2.26. The number of hydrogen-bond acceptors (Lipinski definition) is 3. The van der Waals surface area contributed by atoms with Crippen molar-refractivity contribution in [2.45, 2.75) is 6.18 Å². The molecule has 0 spiro atoms. The van der Waals surface area contributed by atoms with E-state index in [1.807, 2.05) is 0 Å². The molecular weight excluding hydrogens is 382 g/mol. The van der Waals surface area contributed by atoms with E-state index < -0.39 is 11.7 Å². The highest BCUT2D eigenvalue weighted by molar-refractivity contribution is 9.10. The topological polar surface area (TPSA) is 37.8 Å². The van der Waals surface area contributed by atoms with Crippen LogP contribution < -0.4 is 5.32 Å². The molecule has 1 heterocycles. The number of nitrogens with zero attached hydrogens (tertiary/aromatic N) is 2. The van der Waals surface area contributed by atoms with Gasteiger partial charge in [-0.25, -0.2) is 4.98 Å². The SMILES string of the molecule is FC(F)(F)c1ccc(Cl)c(Nc2nc(Cl)ncc2Br)c1. The van der Waals surface area contributed by atoms with Gasteiger partial charge in [-0.2, -0.15) is 18.2 Å². The van der Waals surface area contributed by atoms with Crippen molar-refractivity contribution < 1.29 is 13.2 Å². The lowest BCUT2D eigenvalue weighted by Gasteiger charge is -2.12. The summed E-state index contributed by atoms with van der Waals surface area (Å²) in [5.41, 5.74) is -0.752. The Labute approximate surface area is 130 Å². The summed E-state index contributed by atoms with van der Waals surface area (Å²) < 4.78 is 38.4. The zero-order valence-corrected chi connectivity index (χ0v) is 12.6. The molecule has 9 heteroatoms. The van der Waals surface area contributed by atoms with Crippen molar-refractivity contribution >= 4 is 50.6 Å². The molecule has 1 aromatic carbocycles. The van der Waals surface area contributed by atoms with Gasteiger partial charge in [0.25, 0.3) is 0 Å². The first-order valence-electron chi connectivity index (χ1n) is 5.09. The summed E-state index contributed by atoms with van der Waals surface area (Å²) in [5.74, 6) is 0.214. The van der Waals surface area contributed by atoms with Gasteiger partial charge in [-0.05, 0) is 45.7 Å². The van der Waals surface area contributed by atoms with Gasteiger partial charge in [0, 0.05) is 6.20 Å². The normalized spacial score (nSPS) is 11.5. The van der Waals surface area contributed by atoms with Crippen LogP contribution in [0.3, 0.4) is 0 Å². The zero-order chi connectivity index (χ0) is 14.9. The van der Waals surface area contributed by atoms with E-state index in [0.717, 1.165) is 18.2 Å². The molecule has 0 aliphatic rings. The van der Waals surface area contributed by atoms with Crippen molar-refractivity contribution in [3.05, 3.63) is 44.7 Å². The molecule has 0 saturated heterocycles. The van der Waals surface area contributed by atoms with Crippen LogP contribution in [0.5, 0.6) is 0 Å². The van der Waals surface area contributed by atoms with Crippen LogP contribution in [-0.2, 0) is 6.18 Å². The maximum Gasteiger partial charge on any atom is 0.416 e. The van der Waals surface area contributed by atoms with E-state index in [4.69, 9.17) is 23.2 Å². The average molecular weight is 387 g/mol. The molecule has 0 bridgehead atoms. The maximum atomic E-state index is 12.7. The van der Waals surface area contributed by atoms with Gasteiger partial charge in [-0.15, -0.1) is 0 Å². The summed E-state index contributed by atoms with van der Waals surface area (Å²) in [6, 6.07) is 2.95. The van der Waals surface area contributed by atoms with E-state index in [1.165, 1.54) is 6.20 Å². The molecular formula is C11H5BrCl2F3N3. The molecule has 0 aliphatic heterocycles. The minimum absolute atomic E-state index is 0.0428. The number of alkyl halides is 3. The molecule has 0 atom stereocenters. The largest absolute Gasteiger partial charge is 0.416 e. The van der Waals surface area contributed by atoms with Crippen LogP contribution in [0, 0.1) is 0 Å². The standard InChI is InChI=1S/C11H5BrCl2F3N3/c12-6-4-18-10(14)20-9(6)19-8-3-5(11(15,16)17)1-2-7(8)13/h1-4H,(H,18,19,20). The highest BCUT2D eigenvalue weighted by atomic mass is 79.9. The van der Waals surface area contributed by atoms with Crippen molar-refractivity contribution in [3.63, 3.8) is 0 Å². The Morgan fingerprint density at radius 2 is 1.90 bits per heavy atom. The lowest BCUT2D eigenvalue weighted by molar-refractivity contribution is -0.137. The predicted octanol–water partition coefficient (Wildman–Crippen LogP) is 5.31. The molecule has 106 valence electrons. The average Bonchev–Trinajstić information content (AvgIpc) is 2.35. The molecule has 2 aromatic rings. The highest BCUT2D eigenvalue weighted by Gasteiger charge is 2.31. The molecule has 3 nitrogen and oxygen atoms in total. The molecule has 20 heavy (non-hydrogen) atoms. The first kappa shape index (κ1) is 15.3. The first-order chi connectivity index (χ1) is 9.27. The lowest BCUT2D eigenvalue weighted by Crippen LogP contribution is -2.06. The van der Waals surface area contributed by atoms with Gasteiger partial charge < -0.3 is 5.32 Å². The van der Waals surface area contributed by atoms with Gasteiger partial charge in [0.2, 0.25) is 5.28 Å². The third kappa shape index (κ3) is 3.53. The van der Waals surface area contributed by atoms with Gasteiger partial charge in [-0.1, -0.05) is 11.6 Å². The fourth-order valence-electron chi connectivity index (χ4n) is 1.36. The summed E-state index contributed by atoms with van der Waals surface area (Å²) in [5, 5.41) is 2.76. The van der Waals surface area contributed by atoms with E-state index in [2.05, 4.69) is 31.2 Å². The Hall–Kier alpha value is -1.05. The van der Waals surface area contributed by atoms with Gasteiger partial charge >= 0.3 is 6.18 Å². The predicted molar refractivity (Wildman–Crippen MR) is 74.5 cm³/mol. The maximum absolute atomic E-state index is 12.7. The van der Waals surface area contributed by atoms with Crippen molar-refractivity contribution in [2.24, 2.45) is 0 Å². The second-order valence-electron chi connectivity index (χ2n) is 3.65.